The summed E-state index contributed by atoms with van der Waals surface area (Å²) in [5, 5.41) is 3.56. The number of esters is 1. The van der Waals surface area contributed by atoms with E-state index in [2.05, 4.69) is 10.1 Å². The minimum absolute atomic E-state index is 0.0809. The summed E-state index contributed by atoms with van der Waals surface area (Å²) in [7, 11) is 1.43. The summed E-state index contributed by atoms with van der Waals surface area (Å²) in [5.41, 5.74) is 0. The Labute approximate surface area is 118 Å². The quantitative estimate of drug-likeness (QED) is 0.458. The summed E-state index contributed by atoms with van der Waals surface area (Å²) in [4.78, 5) is 24.8. The number of hydrogen-bond donors (Lipinski definition) is 1. The third kappa shape index (κ3) is 3.16. The number of fused-ring (bicyclic) bond motifs is 1. The number of rotatable bonds is 6. The number of nitrogens with zero attached hydrogens (tertiary/aromatic N) is 1. The number of methoxy groups -OCH3 is 1. The van der Waals surface area contributed by atoms with Crippen molar-refractivity contribution in [3.05, 3.63) is 0 Å². The maximum absolute atomic E-state index is 11.8. The third-order valence-corrected chi connectivity index (χ3v) is 5.39. The van der Waals surface area contributed by atoms with Crippen molar-refractivity contribution in [1.29, 1.82) is 0 Å². The molecule has 0 spiro atoms. The van der Waals surface area contributed by atoms with E-state index >= 15 is 0 Å². The molecule has 1 unspecified atom stereocenters. The second-order valence-electron chi connectivity index (χ2n) is 5.03. The van der Waals surface area contributed by atoms with Crippen molar-refractivity contribution in [1.82, 2.24) is 10.2 Å². The molecule has 0 radical (unpaired) electrons. The van der Waals surface area contributed by atoms with E-state index in [1.165, 1.54) is 7.11 Å². The van der Waals surface area contributed by atoms with Crippen molar-refractivity contribution in [3.8, 4) is 0 Å². The molecule has 2 amide bonds. The number of amides is 2. The molecular formula is C13H22N2O3S. The van der Waals surface area contributed by atoms with Gasteiger partial charge in [-0.1, -0.05) is 6.42 Å². The Balaban J connectivity index is 1.78. The molecule has 1 N–H and O–H groups in total. The molecule has 0 bridgehead atoms. The highest BCUT2D eigenvalue weighted by Gasteiger charge is 2.47. The van der Waals surface area contributed by atoms with Crippen LogP contribution in [0.1, 0.15) is 32.6 Å². The first-order chi connectivity index (χ1) is 9.17. The predicted molar refractivity (Wildman–Crippen MR) is 75.2 cm³/mol. The Morgan fingerprint density at radius 2 is 2.32 bits per heavy atom. The third-order valence-electron chi connectivity index (χ3n) is 3.90. The molecule has 0 aromatic heterocycles. The molecule has 0 aromatic carbocycles. The first-order valence-electron chi connectivity index (χ1n) is 6.93. The van der Waals surface area contributed by atoms with Gasteiger partial charge in [-0.05, 0) is 19.8 Å². The molecule has 6 heteroatoms. The second-order valence-corrected chi connectivity index (χ2v) is 6.30. The molecule has 2 fully saturated rings. The van der Waals surface area contributed by atoms with Gasteiger partial charge in [0.15, 0.2) is 0 Å². The average molecular weight is 286 g/mol. The highest BCUT2D eigenvalue weighted by Crippen LogP contribution is 2.37. The van der Waals surface area contributed by atoms with Gasteiger partial charge < -0.3 is 15.0 Å². The molecule has 5 nitrogen and oxygen atoms in total. The number of carbonyl (C=O) groups is 2. The largest absolute Gasteiger partial charge is 0.469 e. The van der Waals surface area contributed by atoms with E-state index in [0.717, 1.165) is 31.6 Å². The second kappa shape index (κ2) is 6.50. The van der Waals surface area contributed by atoms with Crippen LogP contribution in [0, 0.1) is 0 Å². The van der Waals surface area contributed by atoms with Crippen LogP contribution in [0.2, 0.25) is 0 Å². The maximum atomic E-state index is 11.8. The first kappa shape index (κ1) is 14.5. The Morgan fingerprint density at radius 1 is 1.53 bits per heavy atom. The van der Waals surface area contributed by atoms with Crippen LogP contribution < -0.4 is 5.32 Å². The Morgan fingerprint density at radius 3 is 3.00 bits per heavy atom. The molecule has 2 saturated heterocycles. The average Bonchev–Trinajstić information content (AvgIpc) is 2.92. The van der Waals surface area contributed by atoms with E-state index in [0.29, 0.717) is 23.8 Å². The van der Waals surface area contributed by atoms with Crippen LogP contribution >= 0.6 is 11.8 Å². The van der Waals surface area contributed by atoms with Gasteiger partial charge in [0.1, 0.15) is 0 Å². The van der Waals surface area contributed by atoms with Crippen LogP contribution in [0.4, 0.5) is 4.79 Å². The zero-order valence-corrected chi connectivity index (χ0v) is 12.4. The zero-order valence-electron chi connectivity index (χ0n) is 11.6. The van der Waals surface area contributed by atoms with Gasteiger partial charge in [-0.3, -0.25) is 4.79 Å². The smallest absolute Gasteiger partial charge is 0.318 e. The molecule has 2 aliphatic rings. The number of likely N-dealkylation sites (N-methyl/N-ethyl adjacent to an activating group) is 1. The van der Waals surface area contributed by atoms with Gasteiger partial charge in [-0.2, -0.15) is 11.8 Å². The lowest BCUT2D eigenvalue weighted by atomic mass is 10.0. The van der Waals surface area contributed by atoms with Crippen LogP contribution in [0.25, 0.3) is 0 Å². The van der Waals surface area contributed by atoms with Crippen LogP contribution in [-0.2, 0) is 9.53 Å². The molecule has 2 heterocycles. The zero-order chi connectivity index (χ0) is 13.8. The molecule has 3 atom stereocenters. The highest BCUT2D eigenvalue weighted by molar-refractivity contribution is 8.00. The van der Waals surface area contributed by atoms with Crippen molar-refractivity contribution in [2.75, 3.05) is 19.4 Å². The van der Waals surface area contributed by atoms with Crippen LogP contribution in [0.15, 0.2) is 0 Å². The lowest BCUT2D eigenvalue weighted by molar-refractivity contribution is -0.140. The standard InChI is InChI=1S/C13H22N2O3S/c1-3-15-12-9(14-13(15)17)8-19-10(12)6-4-5-7-11(16)18-2/h9-10,12H,3-8H2,1-2H3,(H,14,17)/t9?,10-,12-/m0/s1. The lowest BCUT2D eigenvalue weighted by Gasteiger charge is -2.26. The Hall–Kier alpha value is -0.910. The minimum Gasteiger partial charge on any atom is -0.469 e. The number of unbranched alkanes of at least 4 members (excludes halogenated alkanes) is 1. The molecule has 0 saturated carbocycles. The Bertz CT molecular complexity index is 351. The van der Waals surface area contributed by atoms with Crippen molar-refractivity contribution < 1.29 is 14.3 Å². The minimum atomic E-state index is -0.134. The molecule has 2 rings (SSSR count). The molecule has 19 heavy (non-hydrogen) atoms. The molecule has 0 aliphatic carbocycles. The lowest BCUT2D eigenvalue weighted by Crippen LogP contribution is -2.40. The normalized spacial score (nSPS) is 29.3. The number of nitrogens with one attached hydrogen (secondary N) is 1. The monoisotopic (exact) mass is 286 g/mol. The van der Waals surface area contributed by atoms with Crippen LogP contribution in [0.3, 0.4) is 0 Å². The highest BCUT2D eigenvalue weighted by atomic mass is 32.2. The van der Waals surface area contributed by atoms with E-state index in [1.54, 1.807) is 0 Å². The van der Waals surface area contributed by atoms with E-state index in [9.17, 15) is 9.59 Å². The van der Waals surface area contributed by atoms with Gasteiger partial charge >= 0.3 is 12.0 Å². The van der Waals surface area contributed by atoms with E-state index in [4.69, 9.17) is 0 Å². The summed E-state index contributed by atoms with van der Waals surface area (Å²) in [6.07, 6.45) is 3.45. The topological polar surface area (TPSA) is 58.6 Å². The fraction of sp³-hybridized carbons (Fsp3) is 0.846. The summed E-state index contributed by atoms with van der Waals surface area (Å²) < 4.78 is 4.63. The summed E-state index contributed by atoms with van der Waals surface area (Å²) in [5.74, 6) is 0.874. The van der Waals surface area contributed by atoms with Crippen LogP contribution in [0.5, 0.6) is 0 Å². The summed E-state index contributed by atoms with van der Waals surface area (Å²) in [6, 6.07) is 0.723. The van der Waals surface area contributed by atoms with Gasteiger partial charge in [0.2, 0.25) is 0 Å². The number of ether oxygens (including phenoxy) is 1. The van der Waals surface area contributed by atoms with Gasteiger partial charge in [-0.25, -0.2) is 4.79 Å². The number of urea groups is 1. The first-order valence-corrected chi connectivity index (χ1v) is 7.97. The van der Waals surface area contributed by atoms with Crippen LogP contribution in [-0.4, -0.2) is 53.6 Å². The fourth-order valence-electron chi connectivity index (χ4n) is 2.93. The van der Waals surface area contributed by atoms with E-state index in [-0.39, 0.29) is 12.0 Å². The van der Waals surface area contributed by atoms with Gasteiger partial charge in [-0.15, -0.1) is 0 Å². The van der Waals surface area contributed by atoms with Gasteiger partial charge in [0.25, 0.3) is 0 Å². The Kier molecular flexibility index (Phi) is 4.96. The van der Waals surface area contributed by atoms with Crippen molar-refractivity contribution >= 4 is 23.8 Å². The van der Waals surface area contributed by atoms with Gasteiger partial charge in [0, 0.05) is 24.0 Å². The SMILES string of the molecule is CCN1C(=O)NC2CS[C@@H](CCCCC(=O)OC)[C@H]21. The molecule has 2 aliphatic heterocycles. The fourth-order valence-corrected chi connectivity index (χ4v) is 4.53. The summed E-state index contributed by atoms with van der Waals surface area (Å²) >= 11 is 1.95. The van der Waals surface area contributed by atoms with E-state index in [1.807, 2.05) is 23.6 Å². The number of hydrogen-bond acceptors (Lipinski definition) is 4. The van der Waals surface area contributed by atoms with Gasteiger partial charge in [0.05, 0.1) is 19.2 Å². The predicted octanol–water partition coefficient (Wildman–Crippen LogP) is 1.62. The summed E-state index contributed by atoms with van der Waals surface area (Å²) in [6.45, 7) is 2.80. The van der Waals surface area contributed by atoms with Crippen molar-refractivity contribution in [3.63, 3.8) is 0 Å². The van der Waals surface area contributed by atoms with Crippen molar-refractivity contribution in [2.24, 2.45) is 0 Å². The number of thioether (sulfide) groups is 1. The molecule has 108 valence electrons. The van der Waals surface area contributed by atoms with Crippen molar-refractivity contribution in [2.45, 2.75) is 49.9 Å². The number of carbonyl (C=O) groups excluding carboxylic acids is 2. The van der Waals surface area contributed by atoms with E-state index < -0.39 is 0 Å². The molecule has 0 aromatic rings. The maximum Gasteiger partial charge on any atom is 0.318 e. The molecular weight excluding hydrogens is 264 g/mol.